The molecule has 0 unspecified atom stereocenters. The second-order valence-corrected chi connectivity index (χ2v) is 7.41. The molecule has 0 radical (unpaired) electrons. The molecular weight excluding hydrogens is 445 g/mol. The lowest BCUT2D eigenvalue weighted by Gasteiger charge is -2.05. The van der Waals surface area contributed by atoms with Crippen LogP contribution in [0, 0.1) is 5.82 Å². The molecule has 0 aliphatic rings. The Balaban J connectivity index is 1.84. The summed E-state index contributed by atoms with van der Waals surface area (Å²) < 4.78 is 24.3. The smallest absolute Gasteiger partial charge is 0.365 e. The van der Waals surface area contributed by atoms with Gasteiger partial charge < -0.3 is 5.32 Å². The highest BCUT2D eigenvalue weighted by Gasteiger charge is 2.23. The van der Waals surface area contributed by atoms with E-state index in [1.165, 1.54) is 36.9 Å². The standard InChI is InChI=1S/C15H13BrFN5O4S/c1-8(23)27-6-2-5-18-13-12(19-26-20-13)14-21-25-15(24)22(14)9-3-4-11(17)10(16)7-9/h3-4,7H,2,5-6H2,1H3,(H,18,20). The number of halogens is 2. The fourth-order valence-electron chi connectivity index (χ4n) is 2.20. The highest BCUT2D eigenvalue weighted by molar-refractivity contribution is 9.10. The lowest BCUT2D eigenvalue weighted by molar-refractivity contribution is -0.109. The lowest BCUT2D eigenvalue weighted by atomic mass is 10.3. The molecule has 1 N–H and O–H groups in total. The number of carbonyl (C=O) groups is 1. The first kappa shape index (κ1) is 19.3. The van der Waals surface area contributed by atoms with Gasteiger partial charge in [0.2, 0.25) is 11.6 Å². The van der Waals surface area contributed by atoms with Crippen LogP contribution in [-0.4, -0.2) is 37.4 Å². The molecule has 0 saturated heterocycles. The van der Waals surface area contributed by atoms with Crippen LogP contribution in [0.2, 0.25) is 0 Å². The Morgan fingerprint density at radius 2 is 2.19 bits per heavy atom. The zero-order valence-corrected chi connectivity index (χ0v) is 16.3. The fraction of sp³-hybridized carbons (Fsp3) is 0.267. The molecule has 0 aliphatic heterocycles. The van der Waals surface area contributed by atoms with Gasteiger partial charge in [-0.25, -0.2) is 18.4 Å². The summed E-state index contributed by atoms with van der Waals surface area (Å²) in [6.45, 7) is 2.01. The quantitative estimate of drug-likeness (QED) is 0.534. The molecule has 2 aromatic heterocycles. The molecular formula is C15H13BrFN5O4S. The second kappa shape index (κ2) is 8.48. The van der Waals surface area contributed by atoms with Gasteiger partial charge in [0.25, 0.3) is 0 Å². The van der Waals surface area contributed by atoms with Gasteiger partial charge in [0.1, 0.15) is 5.82 Å². The van der Waals surface area contributed by atoms with Crippen molar-refractivity contribution in [3.05, 3.63) is 39.0 Å². The highest BCUT2D eigenvalue weighted by atomic mass is 79.9. The Morgan fingerprint density at radius 1 is 1.37 bits per heavy atom. The van der Waals surface area contributed by atoms with E-state index in [9.17, 15) is 14.0 Å². The predicted molar refractivity (Wildman–Crippen MR) is 99.3 cm³/mol. The highest BCUT2D eigenvalue weighted by Crippen LogP contribution is 2.26. The van der Waals surface area contributed by atoms with Crippen molar-refractivity contribution in [2.45, 2.75) is 13.3 Å². The summed E-state index contributed by atoms with van der Waals surface area (Å²) in [5.74, 6) is -0.262. The largest absolute Gasteiger partial charge is 0.446 e. The van der Waals surface area contributed by atoms with Crippen LogP contribution in [0.25, 0.3) is 17.2 Å². The molecule has 9 nitrogen and oxygen atoms in total. The molecule has 3 aromatic rings. The molecule has 0 bridgehead atoms. The molecule has 0 saturated carbocycles. The fourth-order valence-corrected chi connectivity index (χ4v) is 3.14. The molecule has 0 aliphatic carbocycles. The summed E-state index contributed by atoms with van der Waals surface area (Å²) in [7, 11) is 0. The molecule has 0 fully saturated rings. The zero-order chi connectivity index (χ0) is 19.4. The number of hydrogen-bond acceptors (Lipinski definition) is 9. The minimum atomic E-state index is -0.768. The molecule has 27 heavy (non-hydrogen) atoms. The molecule has 142 valence electrons. The van der Waals surface area contributed by atoms with Crippen LogP contribution in [0.3, 0.4) is 0 Å². The van der Waals surface area contributed by atoms with E-state index in [0.717, 1.165) is 4.57 Å². The normalized spacial score (nSPS) is 10.9. The van der Waals surface area contributed by atoms with Gasteiger partial charge in [-0.2, -0.15) is 0 Å². The topological polar surface area (TPSA) is 116 Å². The summed E-state index contributed by atoms with van der Waals surface area (Å²) in [5, 5.41) is 14.3. The van der Waals surface area contributed by atoms with Crippen molar-refractivity contribution >= 4 is 38.6 Å². The van der Waals surface area contributed by atoms with Crippen molar-refractivity contribution in [2.24, 2.45) is 0 Å². The van der Waals surface area contributed by atoms with Gasteiger partial charge in [0, 0.05) is 19.2 Å². The summed E-state index contributed by atoms with van der Waals surface area (Å²) in [5.41, 5.74) is 0.497. The molecule has 0 spiro atoms. The zero-order valence-electron chi connectivity index (χ0n) is 13.9. The van der Waals surface area contributed by atoms with Crippen molar-refractivity contribution in [1.29, 1.82) is 0 Å². The van der Waals surface area contributed by atoms with Gasteiger partial charge in [0.15, 0.2) is 10.8 Å². The van der Waals surface area contributed by atoms with Gasteiger partial charge in [0.05, 0.1) is 10.2 Å². The van der Waals surface area contributed by atoms with E-state index in [1.54, 1.807) is 0 Å². The summed E-state index contributed by atoms with van der Waals surface area (Å²) in [6.07, 6.45) is 0.701. The first-order chi connectivity index (χ1) is 13.0. The molecule has 0 atom stereocenters. The predicted octanol–water partition coefficient (Wildman–Crippen LogP) is 2.86. The third kappa shape index (κ3) is 4.45. The van der Waals surface area contributed by atoms with Crippen LogP contribution >= 0.6 is 27.7 Å². The van der Waals surface area contributed by atoms with Crippen molar-refractivity contribution < 1.29 is 18.3 Å². The molecule has 1 aromatic carbocycles. The van der Waals surface area contributed by atoms with Crippen LogP contribution in [0.5, 0.6) is 0 Å². The third-order valence-corrected chi connectivity index (χ3v) is 4.89. The van der Waals surface area contributed by atoms with Gasteiger partial charge in [-0.15, -0.1) is 0 Å². The Labute approximate surface area is 164 Å². The Hall–Kier alpha value is -2.47. The number of benzene rings is 1. The molecule has 3 rings (SSSR count). The van der Waals surface area contributed by atoms with Crippen molar-refractivity contribution in [1.82, 2.24) is 20.0 Å². The van der Waals surface area contributed by atoms with Crippen molar-refractivity contribution in [2.75, 3.05) is 17.6 Å². The van der Waals surface area contributed by atoms with E-state index in [4.69, 9.17) is 9.15 Å². The Bertz CT molecular complexity index is 1020. The average molecular weight is 458 g/mol. The van der Waals surface area contributed by atoms with Gasteiger partial charge >= 0.3 is 5.76 Å². The molecule has 0 amide bonds. The van der Waals surface area contributed by atoms with E-state index < -0.39 is 11.6 Å². The van der Waals surface area contributed by atoms with Crippen LogP contribution in [0.1, 0.15) is 13.3 Å². The number of anilines is 1. The van der Waals surface area contributed by atoms with E-state index in [2.05, 4.69) is 36.7 Å². The van der Waals surface area contributed by atoms with E-state index in [0.29, 0.717) is 24.4 Å². The SMILES string of the molecule is CC(=O)SCCCNc1nonc1-c1noc(=O)n1-c1ccc(F)c(Br)c1. The van der Waals surface area contributed by atoms with Crippen molar-refractivity contribution in [3.63, 3.8) is 0 Å². The summed E-state index contributed by atoms with van der Waals surface area (Å²) >= 11 is 4.31. The minimum absolute atomic E-state index is 0.0517. The molecule has 12 heteroatoms. The Kier molecular flexibility index (Phi) is 6.06. The number of carbonyl (C=O) groups excluding carboxylic acids is 1. The maximum Gasteiger partial charge on any atom is 0.446 e. The maximum atomic E-state index is 13.5. The van der Waals surface area contributed by atoms with E-state index >= 15 is 0 Å². The lowest BCUT2D eigenvalue weighted by Crippen LogP contribution is -2.14. The number of thioether (sulfide) groups is 1. The Morgan fingerprint density at radius 3 is 2.93 bits per heavy atom. The van der Waals surface area contributed by atoms with E-state index in [1.807, 2.05) is 0 Å². The minimum Gasteiger partial charge on any atom is -0.365 e. The summed E-state index contributed by atoms with van der Waals surface area (Å²) in [4.78, 5) is 23.0. The first-order valence-corrected chi connectivity index (χ1v) is 9.49. The van der Waals surface area contributed by atoms with Crippen LogP contribution in [0.15, 0.2) is 36.6 Å². The number of rotatable bonds is 7. The average Bonchev–Trinajstić information content (AvgIpc) is 3.23. The maximum absolute atomic E-state index is 13.5. The number of nitrogens with one attached hydrogen (secondary N) is 1. The van der Waals surface area contributed by atoms with Gasteiger partial charge in [-0.3, -0.25) is 9.32 Å². The van der Waals surface area contributed by atoms with Crippen LogP contribution in [-0.2, 0) is 4.79 Å². The number of aromatic nitrogens is 4. The number of hydrogen-bond donors (Lipinski definition) is 1. The summed E-state index contributed by atoms with van der Waals surface area (Å²) in [6, 6.07) is 4.02. The number of nitrogens with zero attached hydrogens (tertiary/aromatic N) is 4. The second-order valence-electron chi connectivity index (χ2n) is 5.29. The van der Waals surface area contributed by atoms with Crippen molar-refractivity contribution in [3.8, 4) is 17.2 Å². The van der Waals surface area contributed by atoms with Crippen LogP contribution < -0.4 is 11.1 Å². The third-order valence-electron chi connectivity index (χ3n) is 3.39. The van der Waals surface area contributed by atoms with Crippen LogP contribution in [0.4, 0.5) is 10.2 Å². The van der Waals surface area contributed by atoms with Gasteiger partial charge in [-0.05, 0) is 50.9 Å². The van der Waals surface area contributed by atoms with Gasteiger partial charge in [-0.1, -0.05) is 16.9 Å². The monoisotopic (exact) mass is 457 g/mol. The first-order valence-electron chi connectivity index (χ1n) is 7.71. The molecule has 2 heterocycles. The van der Waals surface area contributed by atoms with E-state index in [-0.39, 0.29) is 26.9 Å².